The maximum atomic E-state index is 6.07. The highest BCUT2D eigenvalue weighted by Gasteiger charge is 2.23. The first-order valence-corrected chi connectivity index (χ1v) is 8.40. The van der Waals surface area contributed by atoms with Crippen LogP contribution in [0.2, 0.25) is 0 Å². The summed E-state index contributed by atoms with van der Waals surface area (Å²) in [6.45, 7) is 4.55. The van der Waals surface area contributed by atoms with Crippen LogP contribution in [0.1, 0.15) is 19.3 Å². The van der Waals surface area contributed by atoms with Gasteiger partial charge in [-0.2, -0.15) is 0 Å². The highest BCUT2D eigenvalue weighted by atomic mass is 16.5. The number of rotatable bonds is 4. The Balaban J connectivity index is 1.33. The summed E-state index contributed by atoms with van der Waals surface area (Å²) in [4.78, 5) is 15.5. The molecule has 23 heavy (non-hydrogen) atoms. The van der Waals surface area contributed by atoms with Crippen LogP contribution in [0.5, 0.6) is 0 Å². The Morgan fingerprint density at radius 1 is 1.13 bits per heavy atom. The second kappa shape index (κ2) is 6.76. The fourth-order valence-corrected chi connectivity index (χ4v) is 3.26. The molecule has 2 aliphatic rings. The third-order valence-corrected chi connectivity index (χ3v) is 4.67. The normalized spacial score (nSPS) is 22.8. The van der Waals surface area contributed by atoms with E-state index in [9.17, 15) is 0 Å². The Morgan fingerprint density at radius 3 is 2.83 bits per heavy atom. The van der Waals surface area contributed by atoms with Gasteiger partial charge >= 0.3 is 0 Å². The second-order valence-electron chi connectivity index (χ2n) is 6.32. The molecule has 1 unspecified atom stereocenters. The van der Waals surface area contributed by atoms with Gasteiger partial charge in [0.05, 0.1) is 19.3 Å². The van der Waals surface area contributed by atoms with Gasteiger partial charge in [-0.15, -0.1) is 0 Å². The van der Waals surface area contributed by atoms with Crippen molar-refractivity contribution in [3.8, 4) is 0 Å². The van der Waals surface area contributed by atoms with E-state index in [2.05, 4.69) is 19.9 Å². The van der Waals surface area contributed by atoms with Gasteiger partial charge in [-0.25, -0.2) is 9.97 Å². The van der Waals surface area contributed by atoms with E-state index in [-0.39, 0.29) is 0 Å². The summed E-state index contributed by atoms with van der Waals surface area (Å²) in [6.07, 6.45) is 6.99. The maximum absolute atomic E-state index is 6.07. The standard InChI is InChI=1S/C17H22N4O2/c1-2-16(20-17-15(1)18-6-7-19-17)21-8-3-14(4-9-21)23-12-13-5-10-22-11-13/h1-2,6-7,13-14H,3-5,8-12H2. The molecular formula is C17H22N4O2. The van der Waals surface area contributed by atoms with Gasteiger partial charge in [-0.3, -0.25) is 4.98 Å². The molecule has 0 aromatic carbocycles. The van der Waals surface area contributed by atoms with E-state index < -0.39 is 0 Å². The van der Waals surface area contributed by atoms with Crippen molar-refractivity contribution in [3.63, 3.8) is 0 Å². The van der Waals surface area contributed by atoms with Crippen molar-refractivity contribution in [3.05, 3.63) is 24.5 Å². The van der Waals surface area contributed by atoms with Crippen LogP contribution in [0.3, 0.4) is 0 Å². The molecule has 4 heterocycles. The summed E-state index contributed by atoms with van der Waals surface area (Å²) in [7, 11) is 0. The number of aromatic nitrogens is 3. The van der Waals surface area contributed by atoms with Crippen molar-refractivity contribution in [1.29, 1.82) is 0 Å². The van der Waals surface area contributed by atoms with Crippen molar-refractivity contribution < 1.29 is 9.47 Å². The summed E-state index contributed by atoms with van der Waals surface area (Å²) >= 11 is 0. The summed E-state index contributed by atoms with van der Waals surface area (Å²) < 4.78 is 11.5. The largest absolute Gasteiger partial charge is 0.381 e. The molecule has 0 amide bonds. The minimum absolute atomic E-state index is 0.368. The average molecular weight is 314 g/mol. The Labute approximate surface area is 135 Å². The molecule has 6 heteroatoms. The fourth-order valence-electron chi connectivity index (χ4n) is 3.26. The molecule has 2 fully saturated rings. The van der Waals surface area contributed by atoms with Crippen molar-refractivity contribution in [2.24, 2.45) is 5.92 Å². The Morgan fingerprint density at radius 2 is 2.00 bits per heavy atom. The van der Waals surface area contributed by atoms with Gasteiger partial charge in [0.2, 0.25) is 0 Å². The Hall–Kier alpha value is -1.79. The predicted molar refractivity (Wildman–Crippen MR) is 87.4 cm³/mol. The lowest BCUT2D eigenvalue weighted by molar-refractivity contribution is 0.0131. The Bertz CT molecular complexity index is 652. The highest BCUT2D eigenvalue weighted by Crippen LogP contribution is 2.22. The number of hydrogen-bond donors (Lipinski definition) is 0. The van der Waals surface area contributed by atoms with Gasteiger partial charge in [-0.1, -0.05) is 0 Å². The van der Waals surface area contributed by atoms with Gasteiger partial charge in [-0.05, 0) is 31.4 Å². The monoisotopic (exact) mass is 314 g/mol. The maximum Gasteiger partial charge on any atom is 0.180 e. The molecule has 2 aliphatic heterocycles. The zero-order chi connectivity index (χ0) is 15.5. The van der Waals surface area contributed by atoms with E-state index in [1.807, 2.05) is 12.1 Å². The first-order valence-electron chi connectivity index (χ1n) is 8.40. The zero-order valence-corrected chi connectivity index (χ0v) is 13.2. The quantitative estimate of drug-likeness (QED) is 0.861. The number of pyridine rings is 1. The van der Waals surface area contributed by atoms with Gasteiger partial charge in [0.25, 0.3) is 0 Å². The third-order valence-electron chi connectivity index (χ3n) is 4.67. The first kappa shape index (κ1) is 14.8. The predicted octanol–water partition coefficient (Wildman–Crippen LogP) is 2.05. The molecule has 2 aromatic rings. The lowest BCUT2D eigenvalue weighted by Gasteiger charge is -2.33. The molecule has 6 nitrogen and oxygen atoms in total. The molecule has 0 spiro atoms. The number of anilines is 1. The molecular weight excluding hydrogens is 292 g/mol. The number of fused-ring (bicyclic) bond motifs is 1. The molecule has 2 saturated heterocycles. The average Bonchev–Trinajstić information content (AvgIpc) is 3.14. The lowest BCUT2D eigenvalue weighted by Crippen LogP contribution is -2.38. The summed E-state index contributed by atoms with van der Waals surface area (Å²) in [6, 6.07) is 4.03. The topological polar surface area (TPSA) is 60.4 Å². The number of hydrogen-bond acceptors (Lipinski definition) is 6. The van der Waals surface area contributed by atoms with Crippen LogP contribution in [0.25, 0.3) is 11.2 Å². The van der Waals surface area contributed by atoms with E-state index >= 15 is 0 Å². The van der Waals surface area contributed by atoms with Gasteiger partial charge < -0.3 is 14.4 Å². The van der Waals surface area contributed by atoms with E-state index in [4.69, 9.17) is 9.47 Å². The fraction of sp³-hybridized carbons (Fsp3) is 0.588. The third kappa shape index (κ3) is 3.43. The van der Waals surface area contributed by atoms with Crippen LogP contribution in [0.15, 0.2) is 24.5 Å². The van der Waals surface area contributed by atoms with Gasteiger partial charge in [0.15, 0.2) is 5.65 Å². The van der Waals surface area contributed by atoms with Crippen LogP contribution in [0, 0.1) is 5.92 Å². The van der Waals surface area contributed by atoms with Crippen molar-refractivity contribution in [1.82, 2.24) is 15.0 Å². The summed E-state index contributed by atoms with van der Waals surface area (Å²) in [5.74, 6) is 1.58. The molecule has 0 aliphatic carbocycles. The van der Waals surface area contributed by atoms with Gasteiger partial charge in [0.1, 0.15) is 11.3 Å². The van der Waals surface area contributed by atoms with E-state index in [0.29, 0.717) is 17.7 Å². The van der Waals surface area contributed by atoms with Crippen LogP contribution in [-0.2, 0) is 9.47 Å². The Kier molecular flexibility index (Phi) is 4.35. The molecule has 2 aromatic heterocycles. The smallest absolute Gasteiger partial charge is 0.180 e. The minimum atomic E-state index is 0.368. The van der Waals surface area contributed by atoms with Crippen molar-refractivity contribution >= 4 is 17.0 Å². The van der Waals surface area contributed by atoms with Crippen LogP contribution in [0.4, 0.5) is 5.82 Å². The van der Waals surface area contributed by atoms with Gasteiger partial charge in [0, 0.05) is 38.0 Å². The molecule has 0 N–H and O–H groups in total. The summed E-state index contributed by atoms with van der Waals surface area (Å²) in [5, 5.41) is 0. The lowest BCUT2D eigenvalue weighted by atomic mass is 10.1. The van der Waals surface area contributed by atoms with Crippen LogP contribution in [-0.4, -0.2) is 54.0 Å². The minimum Gasteiger partial charge on any atom is -0.381 e. The van der Waals surface area contributed by atoms with Crippen molar-refractivity contribution in [2.45, 2.75) is 25.4 Å². The molecule has 4 rings (SSSR count). The first-order chi connectivity index (χ1) is 11.4. The molecule has 0 bridgehead atoms. The van der Waals surface area contributed by atoms with Crippen LogP contribution >= 0.6 is 0 Å². The number of piperidine rings is 1. The molecule has 0 saturated carbocycles. The summed E-state index contributed by atoms with van der Waals surface area (Å²) in [5.41, 5.74) is 1.55. The van der Waals surface area contributed by atoms with E-state index in [0.717, 1.165) is 63.5 Å². The van der Waals surface area contributed by atoms with Crippen LogP contribution < -0.4 is 4.90 Å². The van der Waals surface area contributed by atoms with E-state index in [1.165, 1.54) is 0 Å². The second-order valence-corrected chi connectivity index (χ2v) is 6.32. The molecule has 0 radical (unpaired) electrons. The number of ether oxygens (including phenoxy) is 2. The van der Waals surface area contributed by atoms with E-state index in [1.54, 1.807) is 12.4 Å². The molecule has 122 valence electrons. The highest BCUT2D eigenvalue weighted by molar-refractivity contribution is 5.71. The zero-order valence-electron chi connectivity index (χ0n) is 13.2. The SMILES string of the molecule is c1cnc2nc(N3CCC(OCC4CCOC4)CC3)ccc2n1. The van der Waals surface area contributed by atoms with Crippen molar-refractivity contribution in [2.75, 3.05) is 37.8 Å². The number of nitrogens with zero attached hydrogens (tertiary/aromatic N) is 4. The molecule has 1 atom stereocenters.